The van der Waals surface area contributed by atoms with Crippen molar-refractivity contribution < 1.29 is 23.9 Å². The van der Waals surface area contributed by atoms with Gasteiger partial charge < -0.3 is 20.1 Å². The van der Waals surface area contributed by atoms with Crippen molar-refractivity contribution in [3.05, 3.63) is 71.4 Å². The van der Waals surface area contributed by atoms with Gasteiger partial charge in [0.25, 0.3) is 0 Å². The molecule has 160 valence electrons. The second kappa shape index (κ2) is 10.2. The number of carbonyl (C=O) groups excluding carboxylic acids is 3. The number of hydrogen-bond donors (Lipinski definition) is 2. The molecule has 2 aromatic carbocycles. The third kappa shape index (κ3) is 5.57. The fourth-order valence-corrected chi connectivity index (χ4v) is 3.11. The van der Waals surface area contributed by atoms with Gasteiger partial charge in [0.15, 0.2) is 0 Å². The Morgan fingerprint density at radius 2 is 1.71 bits per heavy atom. The van der Waals surface area contributed by atoms with Crippen molar-refractivity contribution in [3.63, 3.8) is 0 Å². The first-order chi connectivity index (χ1) is 15.0. The van der Waals surface area contributed by atoms with E-state index in [1.54, 1.807) is 31.2 Å². The minimum Gasteiger partial charge on any atom is -0.465 e. The van der Waals surface area contributed by atoms with Gasteiger partial charge in [-0.1, -0.05) is 36.4 Å². The molecule has 8 nitrogen and oxygen atoms in total. The van der Waals surface area contributed by atoms with Crippen LogP contribution in [0, 0.1) is 6.92 Å². The lowest BCUT2D eigenvalue weighted by molar-refractivity contribution is -0.144. The number of esters is 2. The lowest BCUT2D eigenvalue weighted by Crippen LogP contribution is -2.30. The number of methoxy groups -OCH3 is 1. The molecule has 2 N–H and O–H groups in total. The Kier molecular flexibility index (Phi) is 7.16. The average molecular weight is 421 g/mol. The molecular weight excluding hydrogens is 398 g/mol. The van der Waals surface area contributed by atoms with E-state index in [0.29, 0.717) is 22.5 Å². The Labute approximate surface area is 179 Å². The Bertz CT molecular complexity index is 1100. The van der Waals surface area contributed by atoms with Crippen LogP contribution in [0.2, 0.25) is 0 Å². The van der Waals surface area contributed by atoms with E-state index in [2.05, 4.69) is 15.6 Å². The summed E-state index contributed by atoms with van der Waals surface area (Å²) in [6.45, 7) is 1.73. The van der Waals surface area contributed by atoms with Crippen LogP contribution in [0.1, 0.15) is 28.0 Å². The van der Waals surface area contributed by atoms with Gasteiger partial charge in [-0.15, -0.1) is 0 Å². The van der Waals surface area contributed by atoms with Gasteiger partial charge in [-0.05, 0) is 30.7 Å². The third-order valence-corrected chi connectivity index (χ3v) is 4.63. The summed E-state index contributed by atoms with van der Waals surface area (Å²) in [7, 11) is 1.29. The highest BCUT2D eigenvalue weighted by Gasteiger charge is 2.20. The van der Waals surface area contributed by atoms with Crippen LogP contribution in [-0.2, 0) is 20.9 Å². The van der Waals surface area contributed by atoms with Crippen LogP contribution in [0.3, 0.4) is 0 Å². The van der Waals surface area contributed by atoms with Crippen molar-refractivity contribution in [1.82, 2.24) is 10.3 Å². The smallest absolute Gasteiger partial charge is 0.340 e. The van der Waals surface area contributed by atoms with Gasteiger partial charge >= 0.3 is 18.0 Å². The van der Waals surface area contributed by atoms with Crippen LogP contribution in [0.4, 0.5) is 10.5 Å². The SMILES string of the molecule is COC(=O)c1c(COC(=O)CCNC(=O)Nc2ccccc2)nc2ccccc2c1C. The number of nitrogens with one attached hydrogen (secondary N) is 2. The summed E-state index contributed by atoms with van der Waals surface area (Å²) >= 11 is 0. The second-order valence-electron chi connectivity index (χ2n) is 6.72. The molecule has 3 aromatic rings. The molecule has 0 aliphatic heterocycles. The number of aryl methyl sites for hydroxylation is 1. The van der Waals surface area contributed by atoms with Crippen molar-refractivity contribution in [1.29, 1.82) is 0 Å². The Balaban J connectivity index is 1.58. The quantitative estimate of drug-likeness (QED) is 0.565. The molecule has 1 aromatic heterocycles. The zero-order valence-electron chi connectivity index (χ0n) is 17.3. The van der Waals surface area contributed by atoms with Crippen molar-refractivity contribution >= 4 is 34.6 Å². The molecule has 0 atom stereocenters. The molecule has 0 fully saturated rings. The highest BCUT2D eigenvalue weighted by atomic mass is 16.5. The highest BCUT2D eigenvalue weighted by molar-refractivity contribution is 5.98. The van der Waals surface area contributed by atoms with Gasteiger partial charge in [-0.25, -0.2) is 14.6 Å². The normalized spacial score (nSPS) is 10.4. The summed E-state index contributed by atoms with van der Waals surface area (Å²) in [6, 6.07) is 15.9. The second-order valence-corrected chi connectivity index (χ2v) is 6.72. The van der Waals surface area contributed by atoms with Gasteiger partial charge in [0.2, 0.25) is 0 Å². The number of fused-ring (bicyclic) bond motifs is 1. The number of carbonyl (C=O) groups is 3. The van der Waals surface area contributed by atoms with E-state index in [1.165, 1.54) is 7.11 Å². The van der Waals surface area contributed by atoms with E-state index in [4.69, 9.17) is 9.47 Å². The summed E-state index contributed by atoms with van der Waals surface area (Å²) in [5.74, 6) is -1.07. The van der Waals surface area contributed by atoms with Crippen LogP contribution in [0.25, 0.3) is 10.9 Å². The number of rotatable bonds is 7. The summed E-state index contributed by atoms with van der Waals surface area (Å²) in [4.78, 5) is 40.7. The largest absolute Gasteiger partial charge is 0.465 e. The number of ether oxygens (including phenoxy) is 2. The lowest BCUT2D eigenvalue weighted by atomic mass is 10.0. The van der Waals surface area contributed by atoms with Gasteiger partial charge in [0.05, 0.1) is 30.3 Å². The maximum absolute atomic E-state index is 12.3. The minimum atomic E-state index is -0.541. The van der Waals surface area contributed by atoms with Gasteiger partial charge in [-0.2, -0.15) is 0 Å². The number of nitrogens with zero attached hydrogens (tertiary/aromatic N) is 1. The number of aromatic nitrogens is 1. The van der Waals surface area contributed by atoms with E-state index in [-0.39, 0.29) is 25.1 Å². The van der Waals surface area contributed by atoms with Crippen LogP contribution < -0.4 is 10.6 Å². The molecule has 0 saturated carbocycles. The minimum absolute atomic E-state index is 0.0255. The third-order valence-electron chi connectivity index (χ3n) is 4.63. The van der Waals surface area contributed by atoms with E-state index >= 15 is 0 Å². The fraction of sp³-hybridized carbons (Fsp3) is 0.217. The van der Waals surface area contributed by atoms with Crippen molar-refractivity contribution in [2.45, 2.75) is 20.0 Å². The first-order valence-corrected chi connectivity index (χ1v) is 9.71. The van der Waals surface area contributed by atoms with Crippen molar-refractivity contribution in [3.8, 4) is 0 Å². The van der Waals surface area contributed by atoms with E-state index < -0.39 is 18.0 Å². The Morgan fingerprint density at radius 3 is 2.45 bits per heavy atom. The molecular formula is C23H23N3O5. The summed E-state index contributed by atoms with van der Waals surface area (Å²) in [6.07, 6.45) is -0.0255. The number of anilines is 1. The van der Waals surface area contributed by atoms with Crippen LogP contribution >= 0.6 is 0 Å². The molecule has 0 aliphatic rings. The van der Waals surface area contributed by atoms with Crippen molar-refractivity contribution in [2.75, 3.05) is 19.0 Å². The monoisotopic (exact) mass is 421 g/mol. The molecule has 0 unspecified atom stereocenters. The Morgan fingerprint density at radius 1 is 1.00 bits per heavy atom. The fourth-order valence-electron chi connectivity index (χ4n) is 3.11. The molecule has 1 heterocycles. The van der Waals surface area contributed by atoms with E-state index in [0.717, 1.165) is 5.39 Å². The predicted molar refractivity (Wildman–Crippen MR) is 116 cm³/mol. The molecule has 31 heavy (non-hydrogen) atoms. The molecule has 3 rings (SSSR count). The topological polar surface area (TPSA) is 107 Å². The Hall–Kier alpha value is -3.94. The number of para-hydroxylation sites is 2. The van der Waals surface area contributed by atoms with Crippen LogP contribution in [0.15, 0.2) is 54.6 Å². The maximum Gasteiger partial charge on any atom is 0.340 e. The molecule has 0 bridgehead atoms. The number of amides is 2. The first kappa shape index (κ1) is 21.8. The number of benzene rings is 2. The highest BCUT2D eigenvalue weighted by Crippen LogP contribution is 2.24. The van der Waals surface area contributed by atoms with Gasteiger partial charge in [-0.3, -0.25) is 4.79 Å². The maximum atomic E-state index is 12.3. The summed E-state index contributed by atoms with van der Waals surface area (Å²) in [5, 5.41) is 6.08. The zero-order valence-corrected chi connectivity index (χ0v) is 17.3. The van der Waals surface area contributed by atoms with Crippen LogP contribution in [0.5, 0.6) is 0 Å². The molecule has 2 amide bonds. The van der Waals surface area contributed by atoms with E-state index in [9.17, 15) is 14.4 Å². The number of pyridine rings is 1. The summed E-state index contributed by atoms with van der Waals surface area (Å²) < 4.78 is 10.2. The number of urea groups is 1. The lowest BCUT2D eigenvalue weighted by Gasteiger charge is -2.13. The predicted octanol–water partition coefficient (Wildman–Crippen LogP) is 3.58. The van der Waals surface area contributed by atoms with Gasteiger partial charge in [0, 0.05) is 17.6 Å². The van der Waals surface area contributed by atoms with Crippen molar-refractivity contribution in [2.24, 2.45) is 0 Å². The average Bonchev–Trinajstić information content (AvgIpc) is 2.78. The first-order valence-electron chi connectivity index (χ1n) is 9.71. The molecule has 0 aliphatic carbocycles. The molecule has 8 heteroatoms. The number of hydrogen-bond acceptors (Lipinski definition) is 6. The molecule has 0 saturated heterocycles. The van der Waals surface area contributed by atoms with Crippen LogP contribution in [-0.4, -0.2) is 36.6 Å². The van der Waals surface area contributed by atoms with Gasteiger partial charge in [0.1, 0.15) is 6.61 Å². The van der Waals surface area contributed by atoms with E-state index in [1.807, 2.05) is 30.3 Å². The summed E-state index contributed by atoms with van der Waals surface area (Å²) in [5.41, 5.74) is 2.66. The zero-order chi connectivity index (χ0) is 22.2. The molecule has 0 spiro atoms. The molecule has 0 radical (unpaired) electrons. The standard InChI is InChI=1S/C23H23N3O5/c1-15-17-10-6-7-11-18(17)26-19(21(15)22(28)30-2)14-31-20(27)12-13-24-23(29)25-16-8-4-3-5-9-16/h3-11H,12-14H2,1-2H3,(H2,24,25,29).